The molecule has 0 unspecified atom stereocenters. The molecule has 0 fully saturated rings. The fourth-order valence-corrected chi connectivity index (χ4v) is 3.52. The van der Waals surface area contributed by atoms with Crippen LogP contribution >= 0.6 is 0 Å². The Labute approximate surface area is 149 Å². The average molecular weight is 341 g/mol. The molecule has 0 radical (unpaired) electrons. The van der Waals surface area contributed by atoms with Crippen molar-refractivity contribution in [1.29, 1.82) is 0 Å². The first kappa shape index (κ1) is 17.5. The van der Waals surface area contributed by atoms with Crippen LogP contribution in [0.4, 0.5) is 4.79 Å². The molecule has 1 aliphatic rings. The standard InChI is InChI=1S/C20H27N3O2/c1-3-19-18(14(2)25-23-19)13-22-20(24)21-12-15-8-10-16-6-4-5-7-17(16)11-9-15/h4-7,15H,3,8-13H2,1-2H3,(H2,21,22,24). The lowest BCUT2D eigenvalue weighted by Crippen LogP contribution is -2.38. The van der Waals surface area contributed by atoms with Crippen LogP contribution in [-0.4, -0.2) is 17.7 Å². The lowest BCUT2D eigenvalue weighted by molar-refractivity contribution is 0.237. The first-order valence-corrected chi connectivity index (χ1v) is 9.19. The molecule has 2 amide bonds. The molecular weight excluding hydrogens is 314 g/mol. The Bertz CT molecular complexity index is 696. The highest BCUT2D eigenvalue weighted by Crippen LogP contribution is 2.24. The van der Waals surface area contributed by atoms with Crippen LogP contribution in [0.2, 0.25) is 0 Å². The third-order valence-electron chi connectivity index (χ3n) is 5.14. The number of benzene rings is 1. The fraction of sp³-hybridized carbons (Fsp3) is 0.500. The third-order valence-corrected chi connectivity index (χ3v) is 5.14. The highest BCUT2D eigenvalue weighted by atomic mass is 16.5. The number of fused-ring (bicyclic) bond motifs is 1. The topological polar surface area (TPSA) is 67.2 Å². The van der Waals surface area contributed by atoms with E-state index in [1.807, 2.05) is 13.8 Å². The minimum Gasteiger partial charge on any atom is -0.361 e. The largest absolute Gasteiger partial charge is 0.361 e. The Morgan fingerprint density at radius 1 is 1.20 bits per heavy atom. The highest BCUT2D eigenvalue weighted by Gasteiger charge is 2.17. The molecule has 0 atom stereocenters. The molecule has 1 aromatic heterocycles. The van der Waals surface area contributed by atoms with Gasteiger partial charge >= 0.3 is 6.03 Å². The number of urea groups is 1. The zero-order valence-corrected chi connectivity index (χ0v) is 15.1. The van der Waals surface area contributed by atoms with Crippen molar-refractivity contribution >= 4 is 6.03 Å². The van der Waals surface area contributed by atoms with Gasteiger partial charge in [0.25, 0.3) is 0 Å². The van der Waals surface area contributed by atoms with E-state index in [9.17, 15) is 4.79 Å². The Morgan fingerprint density at radius 2 is 1.88 bits per heavy atom. The van der Waals surface area contributed by atoms with Crippen molar-refractivity contribution < 1.29 is 9.32 Å². The molecule has 1 heterocycles. The van der Waals surface area contributed by atoms with Gasteiger partial charge < -0.3 is 15.2 Å². The summed E-state index contributed by atoms with van der Waals surface area (Å²) in [6, 6.07) is 8.56. The van der Waals surface area contributed by atoms with Crippen LogP contribution in [0.5, 0.6) is 0 Å². The summed E-state index contributed by atoms with van der Waals surface area (Å²) in [4.78, 5) is 12.1. The number of nitrogens with zero attached hydrogens (tertiary/aromatic N) is 1. The summed E-state index contributed by atoms with van der Waals surface area (Å²) in [6.45, 7) is 5.10. The van der Waals surface area contributed by atoms with Crippen molar-refractivity contribution in [2.24, 2.45) is 5.92 Å². The van der Waals surface area contributed by atoms with Crippen molar-refractivity contribution in [2.75, 3.05) is 6.54 Å². The molecule has 25 heavy (non-hydrogen) atoms. The summed E-state index contributed by atoms with van der Waals surface area (Å²) in [6.07, 6.45) is 5.26. The molecule has 3 rings (SSSR count). The summed E-state index contributed by atoms with van der Waals surface area (Å²) in [5.41, 5.74) is 4.83. The summed E-state index contributed by atoms with van der Waals surface area (Å²) in [7, 11) is 0. The van der Waals surface area contributed by atoms with E-state index in [2.05, 4.69) is 40.1 Å². The predicted octanol–water partition coefficient (Wildman–Crippen LogP) is 3.54. The predicted molar refractivity (Wildman–Crippen MR) is 97.4 cm³/mol. The number of hydrogen-bond acceptors (Lipinski definition) is 3. The molecule has 134 valence electrons. The van der Waals surface area contributed by atoms with E-state index in [1.165, 1.54) is 11.1 Å². The van der Waals surface area contributed by atoms with Crippen LogP contribution in [0.25, 0.3) is 0 Å². The maximum Gasteiger partial charge on any atom is 0.315 e. The summed E-state index contributed by atoms with van der Waals surface area (Å²) < 4.78 is 5.20. The van der Waals surface area contributed by atoms with E-state index in [1.54, 1.807) is 0 Å². The molecule has 1 aromatic carbocycles. The number of nitrogens with one attached hydrogen (secondary N) is 2. The molecule has 0 spiro atoms. The van der Waals surface area contributed by atoms with Crippen molar-refractivity contribution in [3.63, 3.8) is 0 Å². The van der Waals surface area contributed by atoms with E-state index >= 15 is 0 Å². The lowest BCUT2D eigenvalue weighted by Gasteiger charge is -2.15. The minimum atomic E-state index is -0.121. The number of aryl methyl sites for hydroxylation is 4. The number of rotatable bonds is 5. The van der Waals surface area contributed by atoms with Crippen LogP contribution in [0, 0.1) is 12.8 Å². The monoisotopic (exact) mass is 341 g/mol. The second-order valence-electron chi connectivity index (χ2n) is 6.79. The zero-order valence-electron chi connectivity index (χ0n) is 15.1. The van der Waals surface area contributed by atoms with Gasteiger partial charge in [0.1, 0.15) is 5.76 Å². The normalized spacial score (nSPS) is 14.6. The van der Waals surface area contributed by atoms with Gasteiger partial charge in [-0.3, -0.25) is 0 Å². The van der Waals surface area contributed by atoms with Crippen LogP contribution in [0.15, 0.2) is 28.8 Å². The van der Waals surface area contributed by atoms with Gasteiger partial charge in [0.2, 0.25) is 0 Å². The Morgan fingerprint density at radius 3 is 2.52 bits per heavy atom. The van der Waals surface area contributed by atoms with Crippen molar-refractivity contribution in [3.05, 3.63) is 52.4 Å². The summed E-state index contributed by atoms with van der Waals surface area (Å²) in [5, 5.41) is 9.96. The second kappa shape index (κ2) is 8.19. The van der Waals surface area contributed by atoms with E-state index in [4.69, 9.17) is 4.52 Å². The molecule has 5 nitrogen and oxygen atoms in total. The van der Waals surface area contributed by atoms with Gasteiger partial charge in [0.05, 0.1) is 5.69 Å². The number of carbonyl (C=O) groups excluding carboxylic acids is 1. The van der Waals surface area contributed by atoms with Gasteiger partial charge in [-0.2, -0.15) is 0 Å². The van der Waals surface area contributed by atoms with Gasteiger partial charge in [0, 0.05) is 18.7 Å². The summed E-state index contributed by atoms with van der Waals surface area (Å²) in [5.74, 6) is 1.31. The zero-order chi connectivity index (χ0) is 17.6. The Kier molecular flexibility index (Phi) is 5.74. The quantitative estimate of drug-likeness (QED) is 0.818. The second-order valence-corrected chi connectivity index (χ2v) is 6.79. The minimum absolute atomic E-state index is 0.121. The van der Waals surface area contributed by atoms with Gasteiger partial charge in [-0.15, -0.1) is 0 Å². The first-order chi connectivity index (χ1) is 12.2. The Balaban J connectivity index is 1.44. The van der Waals surface area contributed by atoms with Gasteiger partial charge in [-0.1, -0.05) is 36.3 Å². The van der Waals surface area contributed by atoms with Gasteiger partial charge in [-0.05, 0) is 56.1 Å². The van der Waals surface area contributed by atoms with Crippen LogP contribution in [-0.2, 0) is 25.8 Å². The van der Waals surface area contributed by atoms with Gasteiger partial charge in [0.15, 0.2) is 0 Å². The van der Waals surface area contributed by atoms with Crippen molar-refractivity contribution in [3.8, 4) is 0 Å². The number of carbonyl (C=O) groups is 1. The van der Waals surface area contributed by atoms with E-state index < -0.39 is 0 Å². The average Bonchev–Trinajstić information content (AvgIpc) is 2.86. The third kappa shape index (κ3) is 4.41. The van der Waals surface area contributed by atoms with E-state index in [-0.39, 0.29) is 6.03 Å². The molecule has 1 aliphatic carbocycles. The smallest absolute Gasteiger partial charge is 0.315 e. The van der Waals surface area contributed by atoms with Gasteiger partial charge in [-0.25, -0.2) is 4.79 Å². The van der Waals surface area contributed by atoms with E-state index in [0.29, 0.717) is 12.5 Å². The molecule has 0 saturated carbocycles. The Hall–Kier alpha value is -2.30. The molecule has 0 bridgehead atoms. The van der Waals surface area contributed by atoms with Crippen molar-refractivity contribution in [1.82, 2.24) is 15.8 Å². The highest BCUT2D eigenvalue weighted by molar-refractivity contribution is 5.73. The first-order valence-electron chi connectivity index (χ1n) is 9.19. The summed E-state index contributed by atoms with van der Waals surface area (Å²) >= 11 is 0. The molecule has 0 saturated heterocycles. The molecule has 5 heteroatoms. The maximum atomic E-state index is 12.1. The molecule has 0 aliphatic heterocycles. The SMILES string of the molecule is CCc1noc(C)c1CNC(=O)NCC1CCc2ccccc2CC1. The van der Waals surface area contributed by atoms with Crippen LogP contribution in [0.3, 0.4) is 0 Å². The van der Waals surface area contributed by atoms with Crippen LogP contribution in [0.1, 0.15) is 47.9 Å². The van der Waals surface area contributed by atoms with Crippen LogP contribution < -0.4 is 10.6 Å². The molecular formula is C20H27N3O2. The fourth-order valence-electron chi connectivity index (χ4n) is 3.52. The maximum absolute atomic E-state index is 12.1. The van der Waals surface area contributed by atoms with E-state index in [0.717, 1.165) is 55.7 Å². The van der Waals surface area contributed by atoms with Crippen molar-refractivity contribution in [2.45, 2.75) is 52.5 Å². The number of amides is 2. The number of aromatic nitrogens is 1. The molecule has 2 N–H and O–H groups in total. The number of hydrogen-bond donors (Lipinski definition) is 2. The lowest BCUT2D eigenvalue weighted by atomic mass is 10.00. The molecule has 2 aromatic rings.